The van der Waals surface area contributed by atoms with E-state index in [1.807, 2.05) is 0 Å². The molecule has 0 spiro atoms. The Hall–Kier alpha value is -0.810. The van der Waals surface area contributed by atoms with Gasteiger partial charge in [0, 0.05) is 0 Å². The summed E-state index contributed by atoms with van der Waals surface area (Å²) in [4.78, 5) is 8.78. The molecule has 1 rings (SSSR count). The summed E-state index contributed by atoms with van der Waals surface area (Å²) < 4.78 is 0. The lowest BCUT2D eigenvalue weighted by Crippen LogP contribution is -2.03. The number of carboxylic acid groups (broad SMARTS) is 1. The zero-order chi connectivity index (χ0) is 7.82. The molecule has 0 atom stereocenters. The topological polar surface area (TPSA) is 133 Å². The minimum absolute atomic E-state index is 0. The molecule has 0 bridgehead atoms. The van der Waals surface area contributed by atoms with E-state index in [0.29, 0.717) is 0 Å². The molecule has 1 fully saturated rings. The largest absolute Gasteiger partial charge is 0.465 e. The fourth-order valence-electron chi connectivity index (χ4n) is 1.06. The van der Waals surface area contributed by atoms with Crippen molar-refractivity contribution in [3.05, 3.63) is 0 Å². The second kappa shape index (κ2) is 12.8. The molecule has 5 nitrogen and oxygen atoms in total. The molecule has 1 aliphatic carbocycles. The fraction of sp³-hybridized carbons (Fsp3) is 0.857. The molecule has 9 N–H and O–H groups in total. The zero-order valence-electron chi connectivity index (χ0n) is 7.59. The summed E-state index contributed by atoms with van der Waals surface area (Å²) in [5.41, 5.74) is 4.03. The summed E-state index contributed by atoms with van der Waals surface area (Å²) in [6, 6.07) is 0. The Morgan fingerprint density at radius 3 is 1.08 bits per heavy atom. The van der Waals surface area contributed by atoms with Crippen molar-refractivity contribution < 1.29 is 9.90 Å². The molecular weight excluding hydrogens is 158 g/mol. The highest BCUT2D eigenvalue weighted by molar-refractivity contribution is 5.61. The molecular formula is C7H21N3O2. The van der Waals surface area contributed by atoms with Gasteiger partial charge in [-0.15, -0.1) is 0 Å². The van der Waals surface area contributed by atoms with Crippen LogP contribution in [-0.2, 0) is 0 Å². The summed E-state index contributed by atoms with van der Waals surface area (Å²) in [5, 5.41) is 7.19. The van der Waals surface area contributed by atoms with E-state index in [1.165, 1.54) is 38.5 Å². The Labute approximate surface area is 73.5 Å². The summed E-state index contributed by atoms with van der Waals surface area (Å²) in [6.45, 7) is 0. The Morgan fingerprint density at radius 1 is 0.917 bits per heavy atom. The molecule has 0 aromatic carbocycles. The first kappa shape index (κ1) is 17.3. The number of carbonyl (C=O) groups is 1. The first-order valence-electron chi connectivity index (χ1n) is 3.72. The van der Waals surface area contributed by atoms with E-state index in [1.54, 1.807) is 0 Å². The molecule has 1 saturated carbocycles. The number of rotatable bonds is 0. The van der Waals surface area contributed by atoms with Crippen LogP contribution in [0.25, 0.3) is 0 Å². The van der Waals surface area contributed by atoms with E-state index < -0.39 is 6.09 Å². The van der Waals surface area contributed by atoms with Gasteiger partial charge in [0.2, 0.25) is 0 Å². The molecule has 0 aromatic rings. The van der Waals surface area contributed by atoms with Crippen molar-refractivity contribution in [3.8, 4) is 0 Å². The number of hydrogen-bond donors (Lipinski definition) is 4. The maximum atomic E-state index is 8.78. The predicted molar refractivity (Wildman–Crippen MR) is 50.0 cm³/mol. The fourth-order valence-corrected chi connectivity index (χ4v) is 1.06. The highest BCUT2D eigenvalue weighted by Crippen LogP contribution is 2.15. The van der Waals surface area contributed by atoms with E-state index in [0.717, 1.165) is 0 Å². The third kappa shape index (κ3) is 22.9. The highest BCUT2D eigenvalue weighted by Gasteiger charge is 1.95. The van der Waals surface area contributed by atoms with Crippen molar-refractivity contribution in [1.82, 2.24) is 12.3 Å². The third-order valence-corrected chi connectivity index (χ3v) is 1.50. The van der Waals surface area contributed by atoms with E-state index in [9.17, 15) is 0 Å². The highest BCUT2D eigenvalue weighted by atomic mass is 16.4. The second-order valence-corrected chi connectivity index (χ2v) is 2.46. The molecule has 5 heteroatoms. The lowest BCUT2D eigenvalue weighted by Gasteiger charge is -2.05. The molecule has 1 aliphatic rings. The van der Waals surface area contributed by atoms with Crippen molar-refractivity contribution in [3.63, 3.8) is 0 Å². The quantitative estimate of drug-likeness (QED) is 0.453. The Kier molecular flexibility index (Phi) is 18.5. The first-order valence-corrected chi connectivity index (χ1v) is 3.72. The number of nitrogens with two attached hydrogens (primary N) is 1. The van der Waals surface area contributed by atoms with Gasteiger partial charge in [-0.2, -0.15) is 0 Å². The molecule has 0 saturated heterocycles. The summed E-state index contributed by atoms with van der Waals surface area (Å²) in [7, 11) is 0. The standard InChI is InChI=1S/C6H12.CH3NO2.2H3N/c1-2-4-6-5-3-1;2-1(3)4;;/h1-6H2;2H2,(H,3,4);2*1H3. The number of primary amides is 1. The first-order chi connectivity index (χ1) is 4.73. The molecule has 0 unspecified atom stereocenters. The lowest BCUT2D eigenvalue weighted by molar-refractivity contribution is 0.205. The second-order valence-electron chi connectivity index (χ2n) is 2.46. The van der Waals surface area contributed by atoms with Gasteiger partial charge >= 0.3 is 6.09 Å². The van der Waals surface area contributed by atoms with Crippen molar-refractivity contribution in [2.24, 2.45) is 5.73 Å². The van der Waals surface area contributed by atoms with Gasteiger partial charge in [-0.25, -0.2) is 4.79 Å². The summed E-state index contributed by atoms with van der Waals surface area (Å²) in [6.07, 6.45) is 7.67. The smallest absolute Gasteiger partial charge is 0.402 e. The predicted octanol–water partition coefficient (Wildman–Crippen LogP) is 2.29. The Balaban J connectivity index is -0.000000124. The van der Waals surface area contributed by atoms with Crippen LogP contribution < -0.4 is 18.0 Å². The van der Waals surface area contributed by atoms with Crippen LogP contribution in [0, 0.1) is 0 Å². The molecule has 0 radical (unpaired) electrons. The van der Waals surface area contributed by atoms with Crippen LogP contribution in [0.4, 0.5) is 4.79 Å². The van der Waals surface area contributed by atoms with Crippen LogP contribution in [0.2, 0.25) is 0 Å². The van der Waals surface area contributed by atoms with Gasteiger partial charge in [0.05, 0.1) is 0 Å². The van der Waals surface area contributed by atoms with Gasteiger partial charge in [-0.1, -0.05) is 38.5 Å². The van der Waals surface area contributed by atoms with E-state index >= 15 is 0 Å². The molecule has 0 aromatic heterocycles. The zero-order valence-corrected chi connectivity index (χ0v) is 7.59. The van der Waals surface area contributed by atoms with Crippen LogP contribution in [0.5, 0.6) is 0 Å². The van der Waals surface area contributed by atoms with Gasteiger partial charge < -0.3 is 23.1 Å². The lowest BCUT2D eigenvalue weighted by atomic mass is 10.0. The van der Waals surface area contributed by atoms with Crippen LogP contribution in [0.15, 0.2) is 0 Å². The van der Waals surface area contributed by atoms with Crippen LogP contribution in [-0.4, -0.2) is 11.2 Å². The van der Waals surface area contributed by atoms with Crippen molar-refractivity contribution in [1.29, 1.82) is 0 Å². The average molecular weight is 179 g/mol. The number of amides is 1. The summed E-state index contributed by atoms with van der Waals surface area (Å²) >= 11 is 0. The van der Waals surface area contributed by atoms with E-state index in [2.05, 4.69) is 5.73 Å². The van der Waals surface area contributed by atoms with Crippen LogP contribution >= 0.6 is 0 Å². The van der Waals surface area contributed by atoms with E-state index in [4.69, 9.17) is 9.90 Å². The van der Waals surface area contributed by atoms with Gasteiger partial charge in [0.25, 0.3) is 0 Å². The maximum absolute atomic E-state index is 8.78. The van der Waals surface area contributed by atoms with Crippen molar-refractivity contribution in [2.75, 3.05) is 0 Å². The molecule has 12 heavy (non-hydrogen) atoms. The van der Waals surface area contributed by atoms with Crippen LogP contribution in [0.1, 0.15) is 38.5 Å². The molecule has 1 amide bonds. The number of hydrogen-bond acceptors (Lipinski definition) is 3. The van der Waals surface area contributed by atoms with E-state index in [-0.39, 0.29) is 12.3 Å². The molecule has 76 valence electrons. The Bertz CT molecular complexity index is 79.1. The Morgan fingerprint density at radius 2 is 1.00 bits per heavy atom. The normalized spacial score (nSPS) is 14.0. The van der Waals surface area contributed by atoms with Gasteiger partial charge in [-0.05, 0) is 0 Å². The van der Waals surface area contributed by atoms with Gasteiger partial charge in [-0.3, -0.25) is 0 Å². The summed E-state index contributed by atoms with van der Waals surface area (Å²) in [5.74, 6) is 0. The average Bonchev–Trinajstić information content (AvgIpc) is 1.90. The monoisotopic (exact) mass is 179 g/mol. The minimum Gasteiger partial charge on any atom is -0.465 e. The molecule has 0 aliphatic heterocycles. The van der Waals surface area contributed by atoms with Crippen molar-refractivity contribution in [2.45, 2.75) is 38.5 Å². The molecule has 0 heterocycles. The maximum Gasteiger partial charge on any atom is 0.402 e. The van der Waals surface area contributed by atoms with Gasteiger partial charge in [0.15, 0.2) is 0 Å². The van der Waals surface area contributed by atoms with Crippen molar-refractivity contribution >= 4 is 6.09 Å². The van der Waals surface area contributed by atoms with Crippen LogP contribution in [0.3, 0.4) is 0 Å². The minimum atomic E-state index is -1.33. The third-order valence-electron chi connectivity index (χ3n) is 1.50. The SMILES string of the molecule is C1CCCCC1.N.N.NC(=O)O. The van der Waals surface area contributed by atoms with Gasteiger partial charge in [0.1, 0.15) is 0 Å².